The van der Waals surface area contributed by atoms with Gasteiger partial charge in [-0.15, -0.1) is 0 Å². The molecular weight excluding hydrogens is 356 g/mol. The molecule has 0 N–H and O–H groups in total. The second-order valence-corrected chi connectivity index (χ2v) is 6.81. The predicted molar refractivity (Wildman–Crippen MR) is 95.8 cm³/mol. The second kappa shape index (κ2) is 6.67. The summed E-state index contributed by atoms with van der Waals surface area (Å²) in [4.78, 5) is 12.3. The van der Waals surface area contributed by atoms with Crippen LogP contribution in [0.1, 0.15) is 35.3 Å². The Labute approximate surface area is 156 Å². The summed E-state index contributed by atoms with van der Waals surface area (Å²) < 4.78 is 22.4. The topological polar surface area (TPSA) is 54.0 Å². The number of hydrogen-bond donors (Lipinski definition) is 0. The molecule has 0 aliphatic carbocycles. The van der Waals surface area contributed by atoms with Crippen LogP contribution < -0.4 is 14.2 Å². The van der Waals surface area contributed by atoms with Crippen molar-refractivity contribution < 1.29 is 23.7 Å². The second-order valence-electron chi connectivity index (χ2n) is 6.37. The molecule has 4 rings (SSSR count). The fourth-order valence-electron chi connectivity index (χ4n) is 3.00. The molecule has 0 unspecified atom stereocenters. The van der Waals surface area contributed by atoms with Crippen LogP contribution in [0.3, 0.4) is 0 Å². The largest absolute Gasteiger partial charge is 0.489 e. The quantitative estimate of drug-likeness (QED) is 0.734. The normalized spacial score (nSPS) is 15.0. The number of benzene rings is 2. The summed E-state index contributed by atoms with van der Waals surface area (Å²) in [6, 6.07) is 8.86. The van der Waals surface area contributed by atoms with Crippen LogP contribution in [0.25, 0.3) is 0 Å². The highest BCUT2D eigenvalue weighted by molar-refractivity contribution is 6.30. The summed E-state index contributed by atoms with van der Waals surface area (Å²) in [5, 5.41) is 0.604. The summed E-state index contributed by atoms with van der Waals surface area (Å²) in [6.45, 7) is 4.65. The summed E-state index contributed by atoms with van der Waals surface area (Å²) in [7, 11) is 0. The van der Waals surface area contributed by atoms with Gasteiger partial charge in [-0.3, -0.25) is 4.79 Å². The van der Waals surface area contributed by atoms with Gasteiger partial charge in [0.15, 0.2) is 12.6 Å². The van der Waals surface area contributed by atoms with Crippen LogP contribution in [-0.4, -0.2) is 12.6 Å². The van der Waals surface area contributed by atoms with Crippen LogP contribution in [-0.2, 0) is 18.0 Å². The van der Waals surface area contributed by atoms with Gasteiger partial charge in [0.05, 0.1) is 12.2 Å². The zero-order chi connectivity index (χ0) is 18.3. The lowest BCUT2D eigenvalue weighted by molar-refractivity contribution is -0.0175. The summed E-state index contributed by atoms with van der Waals surface area (Å²) in [5.41, 5.74) is 3.14. The van der Waals surface area contributed by atoms with E-state index in [2.05, 4.69) is 0 Å². The lowest BCUT2D eigenvalue weighted by atomic mass is 10.1. The van der Waals surface area contributed by atoms with E-state index in [0.717, 1.165) is 22.4 Å². The molecule has 0 fully saturated rings. The number of halogens is 1. The maximum Gasteiger partial charge on any atom is 0.231 e. The maximum absolute atomic E-state index is 12.3. The molecule has 0 bridgehead atoms. The van der Waals surface area contributed by atoms with Crippen molar-refractivity contribution in [3.05, 3.63) is 63.4 Å². The summed E-state index contributed by atoms with van der Waals surface area (Å²) in [6.07, 6.45) is 0. The van der Waals surface area contributed by atoms with Crippen molar-refractivity contribution in [2.75, 3.05) is 6.79 Å². The Morgan fingerprint density at radius 3 is 2.88 bits per heavy atom. The average molecular weight is 373 g/mol. The van der Waals surface area contributed by atoms with E-state index in [1.807, 2.05) is 26.0 Å². The fourth-order valence-corrected chi connectivity index (χ4v) is 3.26. The van der Waals surface area contributed by atoms with Crippen molar-refractivity contribution in [1.82, 2.24) is 0 Å². The minimum absolute atomic E-state index is 0.0936. The van der Waals surface area contributed by atoms with Crippen LogP contribution in [0.4, 0.5) is 0 Å². The number of carbonyl (C=O) groups excluding carboxylic acids is 1. The predicted octanol–water partition coefficient (Wildman–Crippen LogP) is 4.65. The first kappa shape index (κ1) is 16.9. The first-order valence-electron chi connectivity index (χ1n) is 8.21. The number of Topliss-reactive ketones (excluding diaryl/α,β-unsaturated/α-hetero) is 1. The minimum Gasteiger partial charge on any atom is -0.489 e. The number of ketones is 1. The third-order valence-corrected chi connectivity index (χ3v) is 4.43. The Kier molecular flexibility index (Phi) is 4.34. The SMILES string of the molecule is CC(C)=C1Oc2cc(OCc3cc(Cl)cc4c3OCOC4)ccc2C1=O. The molecule has 6 heteroatoms. The van der Waals surface area contributed by atoms with Crippen molar-refractivity contribution in [3.8, 4) is 17.2 Å². The van der Waals surface area contributed by atoms with Gasteiger partial charge in [0, 0.05) is 22.2 Å². The first-order valence-corrected chi connectivity index (χ1v) is 8.59. The molecule has 0 saturated carbocycles. The highest BCUT2D eigenvalue weighted by Gasteiger charge is 2.28. The zero-order valence-corrected chi connectivity index (χ0v) is 15.2. The molecule has 0 aromatic heterocycles. The van der Waals surface area contributed by atoms with E-state index in [0.29, 0.717) is 34.5 Å². The van der Waals surface area contributed by atoms with Gasteiger partial charge in [0.25, 0.3) is 0 Å². The molecule has 0 spiro atoms. The Morgan fingerprint density at radius 1 is 1.23 bits per heavy atom. The van der Waals surface area contributed by atoms with Gasteiger partial charge in [0.1, 0.15) is 23.9 Å². The maximum atomic E-state index is 12.3. The molecule has 134 valence electrons. The van der Waals surface area contributed by atoms with Crippen molar-refractivity contribution in [1.29, 1.82) is 0 Å². The van der Waals surface area contributed by atoms with Crippen LogP contribution in [0.15, 0.2) is 41.7 Å². The van der Waals surface area contributed by atoms with Gasteiger partial charge >= 0.3 is 0 Å². The molecule has 2 aliphatic heterocycles. The van der Waals surface area contributed by atoms with Crippen molar-refractivity contribution in [2.45, 2.75) is 27.1 Å². The van der Waals surface area contributed by atoms with Crippen molar-refractivity contribution in [2.24, 2.45) is 0 Å². The Balaban J connectivity index is 1.56. The van der Waals surface area contributed by atoms with E-state index in [1.165, 1.54) is 0 Å². The lowest BCUT2D eigenvalue weighted by Crippen LogP contribution is -2.14. The molecule has 2 heterocycles. The monoisotopic (exact) mass is 372 g/mol. The van der Waals surface area contributed by atoms with Gasteiger partial charge in [0.2, 0.25) is 5.78 Å². The summed E-state index contributed by atoms with van der Waals surface area (Å²) in [5.74, 6) is 2.16. The molecule has 2 aliphatic rings. The molecule has 2 aromatic rings. The number of carbonyl (C=O) groups is 1. The third kappa shape index (κ3) is 3.04. The molecule has 26 heavy (non-hydrogen) atoms. The molecule has 0 saturated heterocycles. The minimum atomic E-state index is -0.0936. The zero-order valence-electron chi connectivity index (χ0n) is 14.4. The number of fused-ring (bicyclic) bond motifs is 2. The molecule has 0 radical (unpaired) electrons. The lowest BCUT2D eigenvalue weighted by Gasteiger charge is -2.21. The van der Waals surface area contributed by atoms with E-state index in [-0.39, 0.29) is 19.2 Å². The van der Waals surface area contributed by atoms with E-state index >= 15 is 0 Å². The molecule has 2 aromatic carbocycles. The van der Waals surface area contributed by atoms with Crippen LogP contribution in [0, 0.1) is 0 Å². The standard InChI is InChI=1S/C20H17ClO5/c1-11(2)19-18(22)16-4-3-15(7-17(16)26-19)24-9-13-6-14(21)5-12-8-23-10-25-20(12)13/h3-7H,8-10H2,1-2H3. The Morgan fingerprint density at radius 2 is 2.08 bits per heavy atom. The molecule has 0 atom stereocenters. The van der Waals surface area contributed by atoms with Crippen molar-refractivity contribution >= 4 is 17.4 Å². The van der Waals surface area contributed by atoms with Crippen molar-refractivity contribution in [3.63, 3.8) is 0 Å². The van der Waals surface area contributed by atoms with E-state index < -0.39 is 0 Å². The highest BCUT2D eigenvalue weighted by atomic mass is 35.5. The Bertz CT molecular complexity index is 928. The third-order valence-electron chi connectivity index (χ3n) is 4.22. The average Bonchev–Trinajstić information content (AvgIpc) is 2.96. The number of hydrogen-bond acceptors (Lipinski definition) is 5. The van der Waals surface area contributed by atoms with Crippen LogP contribution in [0.5, 0.6) is 17.2 Å². The number of rotatable bonds is 3. The van der Waals surface area contributed by atoms with Crippen LogP contribution in [0.2, 0.25) is 5.02 Å². The fraction of sp³-hybridized carbons (Fsp3) is 0.250. The molecular formula is C20H17ClO5. The number of allylic oxidation sites excluding steroid dienone is 2. The highest BCUT2D eigenvalue weighted by Crippen LogP contribution is 2.36. The van der Waals surface area contributed by atoms with Gasteiger partial charge in [-0.1, -0.05) is 11.6 Å². The summed E-state index contributed by atoms with van der Waals surface area (Å²) >= 11 is 6.17. The van der Waals surface area contributed by atoms with Gasteiger partial charge in [-0.25, -0.2) is 0 Å². The van der Waals surface area contributed by atoms with Gasteiger partial charge < -0.3 is 18.9 Å². The number of ether oxygens (including phenoxy) is 4. The van der Waals surface area contributed by atoms with E-state index in [9.17, 15) is 4.79 Å². The van der Waals surface area contributed by atoms with E-state index in [1.54, 1.807) is 18.2 Å². The van der Waals surface area contributed by atoms with Crippen LogP contribution >= 0.6 is 11.6 Å². The first-order chi connectivity index (χ1) is 12.5. The van der Waals surface area contributed by atoms with Gasteiger partial charge in [-0.2, -0.15) is 0 Å². The van der Waals surface area contributed by atoms with Gasteiger partial charge in [-0.05, 0) is 43.7 Å². The van der Waals surface area contributed by atoms with E-state index in [4.69, 9.17) is 30.5 Å². The smallest absolute Gasteiger partial charge is 0.231 e. The molecule has 0 amide bonds. The Hall–Kier alpha value is -2.50. The molecule has 5 nitrogen and oxygen atoms in total.